The van der Waals surface area contributed by atoms with Crippen LogP contribution in [0.1, 0.15) is 10.4 Å². The summed E-state index contributed by atoms with van der Waals surface area (Å²) in [5.74, 6) is 0.0260. The van der Waals surface area contributed by atoms with Gasteiger partial charge >= 0.3 is 0 Å². The molecular weight excluding hydrogens is 228 g/mol. The van der Waals surface area contributed by atoms with Crippen LogP contribution in [0.5, 0.6) is 0 Å². The number of hydrogen-bond acceptors (Lipinski definition) is 4. The number of likely N-dealkylation sites (N-methyl/N-ethyl adjacent to an activating group) is 2. The molecule has 0 spiro atoms. The molecule has 5 nitrogen and oxygen atoms in total. The van der Waals surface area contributed by atoms with Gasteiger partial charge in [-0.3, -0.25) is 9.78 Å². The zero-order valence-electron chi connectivity index (χ0n) is 11.0. The van der Waals surface area contributed by atoms with Gasteiger partial charge < -0.3 is 15.1 Å². The third-order valence-corrected chi connectivity index (χ3v) is 3.21. The molecular formula is C13H20N4O. The Hall–Kier alpha value is -1.46. The van der Waals surface area contributed by atoms with Gasteiger partial charge in [-0.05, 0) is 19.2 Å². The predicted molar refractivity (Wildman–Crippen MR) is 70.5 cm³/mol. The van der Waals surface area contributed by atoms with Crippen LogP contribution in [0.25, 0.3) is 0 Å². The summed E-state index contributed by atoms with van der Waals surface area (Å²) in [6, 6.07) is 3.93. The average molecular weight is 248 g/mol. The van der Waals surface area contributed by atoms with Gasteiger partial charge in [0, 0.05) is 51.7 Å². The maximum atomic E-state index is 12.1. The fourth-order valence-electron chi connectivity index (χ4n) is 2.24. The number of amides is 1. The first-order chi connectivity index (χ1) is 8.66. The number of carbonyl (C=O) groups is 1. The SMILES string of the molecule is CN1CCNC(CN(C)C(=O)c2cccnc2)C1. The summed E-state index contributed by atoms with van der Waals surface area (Å²) in [5.41, 5.74) is 0.643. The minimum absolute atomic E-state index is 0.0260. The molecule has 1 fully saturated rings. The van der Waals surface area contributed by atoms with Crippen LogP contribution < -0.4 is 5.32 Å². The summed E-state index contributed by atoms with van der Waals surface area (Å²) in [6.07, 6.45) is 3.29. The van der Waals surface area contributed by atoms with E-state index >= 15 is 0 Å². The molecule has 2 heterocycles. The van der Waals surface area contributed by atoms with E-state index in [4.69, 9.17) is 0 Å². The molecule has 1 aliphatic rings. The van der Waals surface area contributed by atoms with Gasteiger partial charge in [-0.25, -0.2) is 0 Å². The molecule has 0 radical (unpaired) electrons. The van der Waals surface area contributed by atoms with Crippen molar-refractivity contribution in [2.75, 3.05) is 40.3 Å². The lowest BCUT2D eigenvalue weighted by Crippen LogP contribution is -2.53. The number of hydrogen-bond donors (Lipinski definition) is 1. The molecule has 1 aromatic heterocycles. The van der Waals surface area contributed by atoms with Crippen LogP contribution >= 0.6 is 0 Å². The molecule has 1 aromatic rings. The maximum absolute atomic E-state index is 12.1. The van der Waals surface area contributed by atoms with Crippen molar-refractivity contribution in [3.05, 3.63) is 30.1 Å². The Bertz CT molecular complexity index is 395. The van der Waals surface area contributed by atoms with Gasteiger partial charge in [0.1, 0.15) is 0 Å². The van der Waals surface area contributed by atoms with Crippen LogP contribution in [0.15, 0.2) is 24.5 Å². The summed E-state index contributed by atoms with van der Waals surface area (Å²) >= 11 is 0. The van der Waals surface area contributed by atoms with Gasteiger partial charge in [0.2, 0.25) is 0 Å². The van der Waals surface area contributed by atoms with E-state index in [2.05, 4.69) is 22.2 Å². The first-order valence-electron chi connectivity index (χ1n) is 6.24. The Kier molecular flexibility index (Phi) is 4.28. The van der Waals surface area contributed by atoms with E-state index in [1.165, 1.54) is 0 Å². The van der Waals surface area contributed by atoms with Crippen molar-refractivity contribution in [2.45, 2.75) is 6.04 Å². The molecule has 18 heavy (non-hydrogen) atoms. The van der Waals surface area contributed by atoms with E-state index < -0.39 is 0 Å². The summed E-state index contributed by atoms with van der Waals surface area (Å²) in [6.45, 7) is 3.75. The minimum Gasteiger partial charge on any atom is -0.340 e. The van der Waals surface area contributed by atoms with Crippen LogP contribution in [0, 0.1) is 0 Å². The second-order valence-corrected chi connectivity index (χ2v) is 4.84. The second kappa shape index (κ2) is 5.93. The van der Waals surface area contributed by atoms with E-state index in [0.29, 0.717) is 11.6 Å². The fourth-order valence-corrected chi connectivity index (χ4v) is 2.24. The van der Waals surface area contributed by atoms with Crippen molar-refractivity contribution >= 4 is 5.91 Å². The Morgan fingerprint density at radius 3 is 3.17 bits per heavy atom. The highest BCUT2D eigenvalue weighted by atomic mass is 16.2. The predicted octanol–water partition coefficient (Wildman–Crippen LogP) is 0.0572. The molecule has 1 aliphatic heterocycles. The van der Waals surface area contributed by atoms with Crippen molar-refractivity contribution < 1.29 is 4.79 Å². The summed E-state index contributed by atoms with van der Waals surface area (Å²) in [7, 11) is 3.95. The molecule has 5 heteroatoms. The lowest BCUT2D eigenvalue weighted by Gasteiger charge is -2.33. The van der Waals surface area contributed by atoms with Gasteiger partial charge in [-0.1, -0.05) is 0 Å². The first-order valence-corrected chi connectivity index (χ1v) is 6.24. The third-order valence-electron chi connectivity index (χ3n) is 3.21. The highest BCUT2D eigenvalue weighted by Crippen LogP contribution is 2.04. The van der Waals surface area contributed by atoms with E-state index in [1.54, 1.807) is 29.4 Å². The first kappa shape index (κ1) is 13.0. The van der Waals surface area contributed by atoms with Crippen LogP contribution in [-0.2, 0) is 0 Å². The van der Waals surface area contributed by atoms with Gasteiger partial charge in [0.15, 0.2) is 0 Å². The number of pyridine rings is 1. The van der Waals surface area contributed by atoms with E-state index in [9.17, 15) is 4.79 Å². The van der Waals surface area contributed by atoms with Gasteiger partial charge in [0.05, 0.1) is 5.56 Å². The van der Waals surface area contributed by atoms with Crippen LogP contribution in [0.4, 0.5) is 0 Å². The molecule has 98 valence electrons. The van der Waals surface area contributed by atoms with Crippen LogP contribution in [-0.4, -0.2) is 67.0 Å². The number of piperazine rings is 1. The zero-order valence-corrected chi connectivity index (χ0v) is 11.0. The number of rotatable bonds is 3. The molecule has 0 saturated carbocycles. The molecule has 1 N–H and O–H groups in total. The van der Waals surface area contributed by atoms with Crippen LogP contribution in [0.2, 0.25) is 0 Å². The average Bonchev–Trinajstić information content (AvgIpc) is 2.39. The Morgan fingerprint density at radius 1 is 1.67 bits per heavy atom. The Labute approximate surface area is 108 Å². The maximum Gasteiger partial charge on any atom is 0.255 e. The fraction of sp³-hybridized carbons (Fsp3) is 0.538. The number of nitrogens with one attached hydrogen (secondary N) is 1. The summed E-state index contributed by atoms with van der Waals surface area (Å²) in [5, 5.41) is 3.44. The van der Waals surface area contributed by atoms with Crippen molar-refractivity contribution in [3.63, 3.8) is 0 Å². The Morgan fingerprint density at radius 2 is 2.50 bits per heavy atom. The topological polar surface area (TPSA) is 48.5 Å². The van der Waals surface area contributed by atoms with E-state index in [-0.39, 0.29) is 5.91 Å². The van der Waals surface area contributed by atoms with Crippen molar-refractivity contribution in [1.82, 2.24) is 20.1 Å². The molecule has 1 saturated heterocycles. The van der Waals surface area contributed by atoms with Crippen LogP contribution in [0.3, 0.4) is 0 Å². The lowest BCUT2D eigenvalue weighted by atomic mass is 10.2. The van der Waals surface area contributed by atoms with Gasteiger partial charge in [-0.2, -0.15) is 0 Å². The molecule has 2 rings (SSSR count). The largest absolute Gasteiger partial charge is 0.340 e. The monoisotopic (exact) mass is 248 g/mol. The normalized spacial score (nSPS) is 20.7. The lowest BCUT2D eigenvalue weighted by molar-refractivity contribution is 0.0763. The smallest absolute Gasteiger partial charge is 0.255 e. The quantitative estimate of drug-likeness (QED) is 0.821. The molecule has 0 bridgehead atoms. The van der Waals surface area contributed by atoms with E-state index in [0.717, 1.165) is 26.2 Å². The zero-order chi connectivity index (χ0) is 13.0. The molecule has 1 atom stereocenters. The van der Waals surface area contributed by atoms with Gasteiger partial charge in [0.25, 0.3) is 5.91 Å². The second-order valence-electron chi connectivity index (χ2n) is 4.84. The molecule has 0 aliphatic carbocycles. The van der Waals surface area contributed by atoms with Crippen molar-refractivity contribution in [1.29, 1.82) is 0 Å². The van der Waals surface area contributed by atoms with Crippen molar-refractivity contribution in [3.8, 4) is 0 Å². The summed E-state index contributed by atoms with van der Waals surface area (Å²) < 4.78 is 0. The van der Waals surface area contributed by atoms with E-state index in [1.807, 2.05) is 7.05 Å². The highest BCUT2D eigenvalue weighted by molar-refractivity contribution is 5.93. The Balaban J connectivity index is 1.91. The minimum atomic E-state index is 0.0260. The number of nitrogens with zero attached hydrogens (tertiary/aromatic N) is 3. The third kappa shape index (κ3) is 3.27. The molecule has 1 unspecified atom stereocenters. The standard InChI is InChI=1S/C13H20N4O/c1-16-7-6-15-12(9-16)10-17(2)13(18)11-4-3-5-14-8-11/h3-5,8,12,15H,6-7,9-10H2,1-2H3. The number of aromatic nitrogens is 1. The highest BCUT2D eigenvalue weighted by Gasteiger charge is 2.20. The number of carbonyl (C=O) groups excluding carboxylic acids is 1. The summed E-state index contributed by atoms with van der Waals surface area (Å²) in [4.78, 5) is 20.2. The molecule has 1 amide bonds. The molecule has 0 aromatic carbocycles. The van der Waals surface area contributed by atoms with Crippen molar-refractivity contribution in [2.24, 2.45) is 0 Å². The van der Waals surface area contributed by atoms with Gasteiger partial charge in [-0.15, -0.1) is 0 Å².